The Kier molecular flexibility index (Phi) is 13.3. The second-order valence-electron chi connectivity index (χ2n) is 10.8. The summed E-state index contributed by atoms with van der Waals surface area (Å²) in [5, 5.41) is 18.6. The number of benzene rings is 1. The minimum Gasteiger partial charge on any atom is -0.493 e. The third-order valence-corrected chi connectivity index (χ3v) is 7.94. The van der Waals surface area contributed by atoms with E-state index in [1.54, 1.807) is 0 Å². The van der Waals surface area contributed by atoms with E-state index in [0.717, 1.165) is 65.8 Å². The van der Waals surface area contributed by atoms with Crippen LogP contribution in [0.1, 0.15) is 69.0 Å². The maximum atomic E-state index is 10.3. The van der Waals surface area contributed by atoms with Crippen molar-refractivity contribution in [1.29, 1.82) is 0 Å². The molecule has 2 unspecified atom stereocenters. The first kappa shape index (κ1) is 31.2. The molecular weight excluding hydrogens is 497 g/mol. The van der Waals surface area contributed by atoms with Crippen LogP contribution in [0.2, 0.25) is 0 Å². The van der Waals surface area contributed by atoms with E-state index in [0.29, 0.717) is 5.92 Å². The van der Waals surface area contributed by atoms with E-state index in [1.807, 2.05) is 14.1 Å². The van der Waals surface area contributed by atoms with Crippen LogP contribution in [0.25, 0.3) is 11.0 Å². The van der Waals surface area contributed by atoms with Gasteiger partial charge in [0, 0.05) is 17.5 Å². The topological polar surface area (TPSA) is 70.8 Å². The van der Waals surface area contributed by atoms with Crippen molar-refractivity contribution in [2.24, 2.45) is 17.8 Å². The molecule has 3 fully saturated rings. The Balaban J connectivity index is 0.000000871. The van der Waals surface area contributed by atoms with Gasteiger partial charge in [-0.1, -0.05) is 18.0 Å². The van der Waals surface area contributed by atoms with Gasteiger partial charge in [0.05, 0.1) is 18.4 Å². The summed E-state index contributed by atoms with van der Waals surface area (Å²) in [5.41, 5.74) is 3.07. The summed E-state index contributed by atoms with van der Waals surface area (Å²) < 4.78 is 11.7. The standard InChI is InChI=1S/C26H38N2O3.C2H7N.2ClH/c1-18-25(30-17-20-6-7-20)11-9-22-23(27-31-26(18)22)10-8-19-12-14-28(15-13-19)16-21-4-2-3-5-24(21)29;1-3-2;;/h9,11,19-21,24,29H,2-8,10,12-17H2,1H3;3H,1-2H3;2*1H. The zero-order chi connectivity index (χ0) is 23.9. The molecule has 3 aliphatic rings. The molecule has 0 spiro atoms. The molecule has 1 aliphatic heterocycles. The van der Waals surface area contributed by atoms with E-state index in [4.69, 9.17) is 9.26 Å². The Bertz CT molecular complexity index is 898. The number of ether oxygens (including phenoxy) is 1. The number of halogens is 2. The number of piperidine rings is 1. The van der Waals surface area contributed by atoms with Gasteiger partial charge in [-0.25, -0.2) is 0 Å². The molecule has 1 aromatic heterocycles. The number of aliphatic hydroxyl groups is 1. The number of likely N-dealkylation sites (tertiary alicyclic amines) is 1. The predicted molar refractivity (Wildman–Crippen MR) is 152 cm³/mol. The average Bonchev–Trinajstić information content (AvgIpc) is 3.58. The number of aliphatic hydroxyl groups excluding tert-OH is 1. The SMILES string of the molecule is CNC.Cc1c(OCC2CC2)ccc2c(CCC3CCN(CC4CCCCC4O)CC3)noc12.Cl.Cl. The van der Waals surface area contributed by atoms with Gasteiger partial charge in [0.25, 0.3) is 0 Å². The van der Waals surface area contributed by atoms with Crippen LogP contribution in [0, 0.1) is 24.7 Å². The Morgan fingerprint density at radius 3 is 2.39 bits per heavy atom. The third-order valence-electron chi connectivity index (χ3n) is 7.94. The van der Waals surface area contributed by atoms with E-state index in [2.05, 4.69) is 34.4 Å². The van der Waals surface area contributed by atoms with Crippen molar-refractivity contribution in [2.75, 3.05) is 40.3 Å². The number of hydrogen-bond acceptors (Lipinski definition) is 6. The number of fused-ring (bicyclic) bond motifs is 1. The van der Waals surface area contributed by atoms with E-state index in [-0.39, 0.29) is 30.9 Å². The lowest BCUT2D eigenvalue weighted by Crippen LogP contribution is -2.41. The van der Waals surface area contributed by atoms with Crippen molar-refractivity contribution in [2.45, 2.75) is 77.2 Å². The number of nitrogens with zero attached hydrogens (tertiary/aromatic N) is 2. The molecule has 36 heavy (non-hydrogen) atoms. The molecule has 0 radical (unpaired) electrons. The van der Waals surface area contributed by atoms with Gasteiger partial charge in [-0.05, 0) is 115 Å². The van der Waals surface area contributed by atoms with Gasteiger partial charge in [0.2, 0.25) is 0 Å². The smallest absolute Gasteiger partial charge is 0.173 e. The van der Waals surface area contributed by atoms with Gasteiger partial charge in [0.15, 0.2) is 5.58 Å². The molecule has 1 saturated heterocycles. The number of hydrogen-bond donors (Lipinski definition) is 2. The summed E-state index contributed by atoms with van der Waals surface area (Å²) in [5.74, 6) is 2.95. The first-order chi connectivity index (χ1) is 16.6. The molecule has 2 atom stereocenters. The van der Waals surface area contributed by atoms with Crippen molar-refractivity contribution in [1.82, 2.24) is 15.4 Å². The van der Waals surface area contributed by atoms with Crippen LogP contribution in [0.4, 0.5) is 0 Å². The summed E-state index contributed by atoms with van der Waals surface area (Å²) in [7, 11) is 3.75. The van der Waals surface area contributed by atoms with Gasteiger partial charge in [0.1, 0.15) is 5.75 Å². The third kappa shape index (κ3) is 8.49. The minimum absolute atomic E-state index is 0. The van der Waals surface area contributed by atoms with Crippen LogP contribution in [-0.4, -0.2) is 61.6 Å². The largest absolute Gasteiger partial charge is 0.493 e. The summed E-state index contributed by atoms with van der Waals surface area (Å²) in [6.07, 6.45) is 11.9. The molecule has 2 heterocycles. The summed E-state index contributed by atoms with van der Waals surface area (Å²) in [4.78, 5) is 2.59. The van der Waals surface area contributed by atoms with E-state index < -0.39 is 0 Å². The molecular formula is C28H47Cl2N3O3. The lowest BCUT2D eigenvalue weighted by molar-refractivity contribution is 0.0380. The number of nitrogens with one attached hydrogen (secondary N) is 1. The number of aryl methyl sites for hydroxylation is 2. The molecule has 2 aromatic rings. The van der Waals surface area contributed by atoms with E-state index in [9.17, 15) is 5.11 Å². The highest BCUT2D eigenvalue weighted by molar-refractivity contribution is 5.86. The quantitative estimate of drug-likeness (QED) is 0.438. The minimum atomic E-state index is -0.0741. The Morgan fingerprint density at radius 1 is 1.03 bits per heavy atom. The molecule has 5 rings (SSSR count). The fourth-order valence-electron chi connectivity index (χ4n) is 5.53. The van der Waals surface area contributed by atoms with Gasteiger partial charge in [-0.2, -0.15) is 0 Å². The van der Waals surface area contributed by atoms with Crippen LogP contribution in [0.15, 0.2) is 16.7 Å². The summed E-state index contributed by atoms with van der Waals surface area (Å²) in [6.45, 7) is 6.35. The molecule has 8 heteroatoms. The average molecular weight is 545 g/mol. The van der Waals surface area contributed by atoms with Crippen molar-refractivity contribution in [3.05, 3.63) is 23.4 Å². The monoisotopic (exact) mass is 543 g/mol. The lowest BCUT2D eigenvalue weighted by Gasteiger charge is -2.37. The number of aromatic nitrogens is 1. The summed E-state index contributed by atoms with van der Waals surface area (Å²) in [6, 6.07) is 4.23. The second-order valence-corrected chi connectivity index (χ2v) is 10.8. The molecule has 6 nitrogen and oxygen atoms in total. The Morgan fingerprint density at radius 2 is 1.72 bits per heavy atom. The molecule has 1 aromatic carbocycles. The maximum Gasteiger partial charge on any atom is 0.173 e. The molecule has 2 saturated carbocycles. The van der Waals surface area contributed by atoms with Crippen LogP contribution < -0.4 is 10.1 Å². The van der Waals surface area contributed by atoms with Gasteiger partial charge >= 0.3 is 0 Å². The first-order valence-electron chi connectivity index (χ1n) is 13.6. The highest BCUT2D eigenvalue weighted by atomic mass is 35.5. The molecule has 0 bridgehead atoms. The van der Waals surface area contributed by atoms with Crippen molar-refractivity contribution in [3.63, 3.8) is 0 Å². The highest BCUT2D eigenvalue weighted by Gasteiger charge is 2.28. The van der Waals surface area contributed by atoms with Crippen molar-refractivity contribution >= 4 is 35.8 Å². The van der Waals surface area contributed by atoms with Crippen LogP contribution >= 0.6 is 24.8 Å². The highest BCUT2D eigenvalue weighted by Crippen LogP contribution is 2.34. The van der Waals surface area contributed by atoms with E-state index in [1.165, 1.54) is 64.5 Å². The normalized spacial score (nSPS) is 22.8. The fraction of sp³-hybridized carbons (Fsp3) is 0.750. The summed E-state index contributed by atoms with van der Waals surface area (Å²) >= 11 is 0. The lowest BCUT2D eigenvalue weighted by atomic mass is 9.85. The maximum absolute atomic E-state index is 10.3. The zero-order valence-corrected chi connectivity index (χ0v) is 24.0. The Labute approximate surface area is 229 Å². The molecule has 2 aliphatic carbocycles. The van der Waals surface area contributed by atoms with Crippen molar-refractivity contribution < 1.29 is 14.4 Å². The first-order valence-corrected chi connectivity index (χ1v) is 13.6. The zero-order valence-electron chi connectivity index (χ0n) is 22.3. The van der Waals surface area contributed by atoms with Crippen molar-refractivity contribution in [3.8, 4) is 5.75 Å². The van der Waals surface area contributed by atoms with Crippen LogP contribution in [0.5, 0.6) is 5.75 Å². The van der Waals surface area contributed by atoms with Gasteiger partial charge in [-0.3, -0.25) is 0 Å². The fourth-order valence-corrected chi connectivity index (χ4v) is 5.53. The predicted octanol–water partition coefficient (Wildman–Crippen LogP) is 5.80. The van der Waals surface area contributed by atoms with Gasteiger partial charge in [-0.15, -0.1) is 24.8 Å². The van der Waals surface area contributed by atoms with E-state index >= 15 is 0 Å². The van der Waals surface area contributed by atoms with Crippen LogP contribution in [-0.2, 0) is 6.42 Å². The molecule has 206 valence electrons. The number of rotatable bonds is 8. The molecule has 2 N–H and O–H groups in total. The second kappa shape index (κ2) is 15.4. The van der Waals surface area contributed by atoms with Gasteiger partial charge < -0.3 is 24.6 Å². The Hall–Kier alpha value is -1.05. The van der Waals surface area contributed by atoms with Crippen LogP contribution in [0.3, 0.4) is 0 Å². The molecule has 0 amide bonds.